The third kappa shape index (κ3) is 3.42. The number of benzene rings is 2. The molecule has 0 fully saturated rings. The van der Waals surface area contributed by atoms with Crippen molar-refractivity contribution in [2.24, 2.45) is 5.73 Å². The van der Waals surface area contributed by atoms with Crippen LogP contribution >= 0.6 is 0 Å². The number of methoxy groups -OCH3 is 1. The van der Waals surface area contributed by atoms with Gasteiger partial charge in [-0.15, -0.1) is 0 Å². The molecule has 0 aliphatic rings. The average molecular weight is 255 g/mol. The zero-order chi connectivity index (χ0) is 13.7. The van der Waals surface area contributed by atoms with Crippen molar-refractivity contribution in [3.63, 3.8) is 0 Å². The van der Waals surface area contributed by atoms with E-state index in [9.17, 15) is 4.79 Å². The van der Waals surface area contributed by atoms with E-state index in [1.807, 2.05) is 30.3 Å². The molecule has 2 aromatic carbocycles. The van der Waals surface area contributed by atoms with Gasteiger partial charge in [-0.1, -0.05) is 30.3 Å². The summed E-state index contributed by atoms with van der Waals surface area (Å²) < 4.78 is 5.06. The van der Waals surface area contributed by atoms with Crippen LogP contribution in [0, 0.1) is 0 Å². The molecule has 98 valence electrons. The van der Waals surface area contributed by atoms with Gasteiger partial charge in [0.15, 0.2) is 5.78 Å². The van der Waals surface area contributed by atoms with Crippen LogP contribution in [-0.4, -0.2) is 18.9 Å². The van der Waals surface area contributed by atoms with Crippen LogP contribution in [0.4, 0.5) is 0 Å². The summed E-state index contributed by atoms with van der Waals surface area (Å²) in [5.41, 5.74) is 7.65. The summed E-state index contributed by atoms with van der Waals surface area (Å²) in [5.74, 6) is 0.680. The molecule has 2 aromatic rings. The van der Waals surface area contributed by atoms with Crippen LogP contribution in [0.25, 0.3) is 0 Å². The molecule has 0 heterocycles. The third-order valence-corrected chi connectivity index (χ3v) is 3.01. The van der Waals surface area contributed by atoms with E-state index in [1.165, 1.54) is 0 Å². The molecule has 0 aliphatic carbocycles. The predicted molar refractivity (Wildman–Crippen MR) is 75.4 cm³/mol. The van der Waals surface area contributed by atoms with Crippen molar-refractivity contribution in [1.29, 1.82) is 0 Å². The van der Waals surface area contributed by atoms with E-state index >= 15 is 0 Å². The number of rotatable bonds is 5. The number of Topliss-reactive ketones (excluding diaryl/α,β-unsaturated/α-hetero) is 1. The quantitative estimate of drug-likeness (QED) is 0.835. The van der Waals surface area contributed by atoms with Gasteiger partial charge in [0, 0.05) is 5.56 Å². The average Bonchev–Trinajstić information content (AvgIpc) is 2.47. The summed E-state index contributed by atoms with van der Waals surface area (Å²) >= 11 is 0. The van der Waals surface area contributed by atoms with E-state index in [1.54, 1.807) is 31.4 Å². The topological polar surface area (TPSA) is 52.3 Å². The van der Waals surface area contributed by atoms with Crippen LogP contribution in [0.5, 0.6) is 5.75 Å². The molecule has 19 heavy (non-hydrogen) atoms. The molecule has 0 saturated heterocycles. The fourth-order valence-corrected chi connectivity index (χ4v) is 1.93. The Balaban J connectivity index is 2.06. The van der Waals surface area contributed by atoms with Gasteiger partial charge in [-0.3, -0.25) is 4.79 Å². The molecule has 2 N–H and O–H groups in total. The highest BCUT2D eigenvalue weighted by Gasteiger charge is 2.16. The zero-order valence-electron chi connectivity index (χ0n) is 10.9. The molecule has 0 amide bonds. The highest BCUT2D eigenvalue weighted by Crippen LogP contribution is 2.13. The molecule has 3 heteroatoms. The molecule has 0 bridgehead atoms. The molecule has 0 saturated carbocycles. The minimum atomic E-state index is -0.518. The van der Waals surface area contributed by atoms with Crippen LogP contribution < -0.4 is 10.5 Å². The Labute approximate surface area is 113 Å². The van der Waals surface area contributed by atoms with Gasteiger partial charge in [0.25, 0.3) is 0 Å². The van der Waals surface area contributed by atoms with Crippen molar-refractivity contribution in [3.8, 4) is 5.75 Å². The lowest BCUT2D eigenvalue weighted by molar-refractivity contribution is 0.0961. The van der Waals surface area contributed by atoms with Crippen LogP contribution in [0.3, 0.4) is 0 Å². The largest absolute Gasteiger partial charge is 0.497 e. The van der Waals surface area contributed by atoms with Gasteiger partial charge in [0.2, 0.25) is 0 Å². The number of carbonyl (C=O) groups excluding carboxylic acids is 1. The van der Waals surface area contributed by atoms with Crippen molar-refractivity contribution in [1.82, 2.24) is 0 Å². The molecular formula is C16H17NO2. The molecule has 2 rings (SSSR count). The summed E-state index contributed by atoms with van der Waals surface area (Å²) in [6.45, 7) is 0. The lowest BCUT2D eigenvalue weighted by Gasteiger charge is -2.11. The lowest BCUT2D eigenvalue weighted by atomic mass is 9.98. The van der Waals surface area contributed by atoms with Gasteiger partial charge in [0.1, 0.15) is 5.75 Å². The van der Waals surface area contributed by atoms with Crippen LogP contribution in [0.2, 0.25) is 0 Å². The Morgan fingerprint density at radius 2 is 1.74 bits per heavy atom. The highest BCUT2D eigenvalue weighted by molar-refractivity contribution is 6.00. The Morgan fingerprint density at radius 1 is 1.11 bits per heavy atom. The van der Waals surface area contributed by atoms with Gasteiger partial charge in [0.05, 0.1) is 13.2 Å². The SMILES string of the molecule is COc1ccc(C(=O)[C@@H](N)Cc2ccccc2)cc1. The lowest BCUT2D eigenvalue weighted by Crippen LogP contribution is -2.32. The normalized spacial score (nSPS) is 11.9. The number of nitrogens with two attached hydrogens (primary N) is 1. The molecule has 0 unspecified atom stereocenters. The van der Waals surface area contributed by atoms with Crippen molar-refractivity contribution in [2.45, 2.75) is 12.5 Å². The highest BCUT2D eigenvalue weighted by atomic mass is 16.5. The van der Waals surface area contributed by atoms with Gasteiger partial charge in [-0.05, 0) is 36.2 Å². The molecular weight excluding hydrogens is 238 g/mol. The smallest absolute Gasteiger partial charge is 0.179 e. The van der Waals surface area contributed by atoms with Crippen molar-refractivity contribution in [3.05, 3.63) is 65.7 Å². The van der Waals surface area contributed by atoms with Gasteiger partial charge in [-0.2, -0.15) is 0 Å². The van der Waals surface area contributed by atoms with E-state index in [0.717, 1.165) is 11.3 Å². The first-order valence-corrected chi connectivity index (χ1v) is 6.18. The first kappa shape index (κ1) is 13.3. The van der Waals surface area contributed by atoms with Crippen LogP contribution in [-0.2, 0) is 6.42 Å². The Kier molecular flexibility index (Phi) is 4.31. The predicted octanol–water partition coefficient (Wildman–Crippen LogP) is 2.45. The third-order valence-electron chi connectivity index (χ3n) is 3.01. The molecule has 0 spiro atoms. The van der Waals surface area contributed by atoms with Gasteiger partial charge >= 0.3 is 0 Å². The summed E-state index contributed by atoms with van der Waals surface area (Å²) in [5, 5.41) is 0. The minimum Gasteiger partial charge on any atom is -0.497 e. The molecule has 0 radical (unpaired) electrons. The Bertz CT molecular complexity index is 534. The van der Waals surface area contributed by atoms with Crippen molar-refractivity contribution >= 4 is 5.78 Å². The minimum absolute atomic E-state index is 0.0495. The standard InChI is InChI=1S/C16H17NO2/c1-19-14-9-7-13(8-10-14)16(18)15(17)11-12-5-3-2-4-6-12/h2-10,15H,11,17H2,1H3/t15-/m0/s1. The number of carbonyl (C=O) groups is 1. The molecule has 0 aliphatic heterocycles. The number of ether oxygens (including phenoxy) is 1. The number of ketones is 1. The molecule has 0 aromatic heterocycles. The second-order valence-corrected chi connectivity index (χ2v) is 4.39. The fraction of sp³-hybridized carbons (Fsp3) is 0.188. The van der Waals surface area contributed by atoms with Crippen LogP contribution in [0.1, 0.15) is 15.9 Å². The first-order chi connectivity index (χ1) is 9.20. The maximum atomic E-state index is 12.2. The Morgan fingerprint density at radius 3 is 2.32 bits per heavy atom. The van der Waals surface area contributed by atoms with Crippen molar-refractivity contribution < 1.29 is 9.53 Å². The second-order valence-electron chi connectivity index (χ2n) is 4.39. The van der Waals surface area contributed by atoms with E-state index in [2.05, 4.69) is 0 Å². The Hall–Kier alpha value is -2.13. The van der Waals surface area contributed by atoms with E-state index < -0.39 is 6.04 Å². The van der Waals surface area contributed by atoms with E-state index in [0.29, 0.717) is 12.0 Å². The van der Waals surface area contributed by atoms with E-state index in [4.69, 9.17) is 10.5 Å². The summed E-state index contributed by atoms with van der Waals surface area (Å²) in [4.78, 5) is 12.2. The maximum Gasteiger partial charge on any atom is 0.179 e. The number of hydrogen-bond donors (Lipinski definition) is 1. The second kappa shape index (κ2) is 6.16. The summed E-state index contributed by atoms with van der Waals surface area (Å²) in [6.07, 6.45) is 0.547. The van der Waals surface area contributed by atoms with Crippen LogP contribution in [0.15, 0.2) is 54.6 Å². The van der Waals surface area contributed by atoms with Crippen molar-refractivity contribution in [2.75, 3.05) is 7.11 Å². The summed E-state index contributed by atoms with van der Waals surface area (Å²) in [7, 11) is 1.60. The fourth-order valence-electron chi connectivity index (χ4n) is 1.93. The first-order valence-electron chi connectivity index (χ1n) is 6.18. The maximum absolute atomic E-state index is 12.2. The zero-order valence-corrected chi connectivity index (χ0v) is 10.9. The van der Waals surface area contributed by atoms with Gasteiger partial charge in [-0.25, -0.2) is 0 Å². The number of hydrogen-bond acceptors (Lipinski definition) is 3. The summed E-state index contributed by atoms with van der Waals surface area (Å²) in [6, 6.07) is 16.3. The van der Waals surface area contributed by atoms with Gasteiger partial charge < -0.3 is 10.5 Å². The molecule has 1 atom stereocenters. The monoisotopic (exact) mass is 255 g/mol. The molecule has 3 nitrogen and oxygen atoms in total. The van der Waals surface area contributed by atoms with E-state index in [-0.39, 0.29) is 5.78 Å².